The molecule has 0 atom stereocenters. The van der Waals surface area contributed by atoms with Crippen LogP contribution in [0.4, 0.5) is 0 Å². The highest BCUT2D eigenvalue weighted by Gasteiger charge is 2.16. The van der Waals surface area contributed by atoms with Gasteiger partial charge in [0, 0.05) is 50.1 Å². The van der Waals surface area contributed by atoms with Crippen LogP contribution in [0, 0.1) is 0 Å². The number of fused-ring (bicyclic) bond motifs is 1. The van der Waals surface area contributed by atoms with Crippen LogP contribution in [0.3, 0.4) is 0 Å². The maximum atomic E-state index is 6.51. The van der Waals surface area contributed by atoms with Gasteiger partial charge in [0.25, 0.3) is 0 Å². The normalized spacial score (nSPS) is 16.4. The molecule has 154 valence electrons. The van der Waals surface area contributed by atoms with Crippen molar-refractivity contribution in [2.24, 2.45) is 0 Å². The second-order valence-corrected chi connectivity index (χ2v) is 7.61. The first kappa shape index (κ1) is 21.3. The Morgan fingerprint density at radius 2 is 1.86 bits per heavy atom. The predicted octanol–water partition coefficient (Wildman–Crippen LogP) is 4.42. The number of halogens is 1. The largest absolute Gasteiger partial charge is 0.380 e. The van der Waals surface area contributed by atoms with E-state index in [1.54, 1.807) is 12.4 Å². The summed E-state index contributed by atoms with van der Waals surface area (Å²) in [5.74, 6) is 0. The number of hydrogen-bond donors (Lipinski definition) is 2. The number of aromatic nitrogens is 2. The second-order valence-electron chi connectivity index (χ2n) is 7.20. The minimum atomic E-state index is 0.630. The zero-order chi connectivity index (χ0) is 20.6. The van der Waals surface area contributed by atoms with E-state index in [0.717, 1.165) is 54.9 Å². The Balaban J connectivity index is 1.83. The van der Waals surface area contributed by atoms with Gasteiger partial charge in [0.05, 0.1) is 22.4 Å². The van der Waals surface area contributed by atoms with Crippen LogP contribution in [0.25, 0.3) is 11.0 Å². The van der Waals surface area contributed by atoms with Crippen molar-refractivity contribution in [3.05, 3.63) is 70.3 Å². The molecule has 3 rings (SSSR count). The number of nitrogens with zero attached hydrogens (tertiary/aromatic N) is 3. The van der Waals surface area contributed by atoms with E-state index in [4.69, 9.17) is 11.6 Å². The third-order valence-corrected chi connectivity index (χ3v) is 5.56. The van der Waals surface area contributed by atoms with Crippen LogP contribution in [0.5, 0.6) is 0 Å². The van der Waals surface area contributed by atoms with Gasteiger partial charge in [-0.25, -0.2) is 0 Å². The number of hydrogen-bond acceptors (Lipinski definition) is 5. The minimum absolute atomic E-state index is 0.630. The number of allylic oxidation sites excluding steroid dienone is 4. The van der Waals surface area contributed by atoms with E-state index in [1.807, 2.05) is 12.1 Å². The van der Waals surface area contributed by atoms with E-state index in [1.165, 1.54) is 11.3 Å². The second kappa shape index (κ2) is 10.4. The number of benzene rings is 1. The molecule has 2 aromatic rings. The number of nitrogens with one attached hydrogen (secondary N) is 2. The predicted molar refractivity (Wildman–Crippen MR) is 122 cm³/mol. The monoisotopic (exact) mass is 411 g/mol. The molecule has 0 bridgehead atoms. The lowest BCUT2D eigenvalue weighted by Gasteiger charge is -2.33. The molecule has 1 aliphatic rings. The fourth-order valence-corrected chi connectivity index (χ4v) is 3.53. The molecule has 0 spiro atoms. The molecule has 5 nitrogen and oxygen atoms in total. The molecular formula is C23H30ClN5. The van der Waals surface area contributed by atoms with E-state index < -0.39 is 0 Å². The van der Waals surface area contributed by atoms with E-state index >= 15 is 0 Å². The SMILES string of the molecule is C\C=C(NCc1cc2nccnc2cc1Cl)/C(=C\C=C(/C)CC)N1CCNCC1. The molecule has 1 aromatic carbocycles. The molecule has 1 fully saturated rings. The molecule has 0 saturated carbocycles. The van der Waals surface area contributed by atoms with Gasteiger partial charge in [-0.15, -0.1) is 0 Å². The Bertz CT molecular complexity index is 926. The molecule has 1 aliphatic heterocycles. The fraction of sp³-hybridized carbons (Fsp3) is 0.391. The third kappa shape index (κ3) is 5.58. The Morgan fingerprint density at radius 1 is 1.17 bits per heavy atom. The Morgan fingerprint density at radius 3 is 2.52 bits per heavy atom. The zero-order valence-electron chi connectivity index (χ0n) is 17.5. The van der Waals surface area contributed by atoms with Crippen molar-refractivity contribution in [3.8, 4) is 0 Å². The van der Waals surface area contributed by atoms with Crippen molar-refractivity contribution >= 4 is 22.6 Å². The van der Waals surface area contributed by atoms with Crippen LogP contribution in [0.15, 0.2) is 59.7 Å². The van der Waals surface area contributed by atoms with Crippen LogP contribution >= 0.6 is 11.6 Å². The lowest BCUT2D eigenvalue weighted by Crippen LogP contribution is -2.44. The first-order valence-corrected chi connectivity index (χ1v) is 10.6. The highest BCUT2D eigenvalue weighted by molar-refractivity contribution is 6.32. The van der Waals surface area contributed by atoms with Crippen molar-refractivity contribution < 1.29 is 0 Å². The van der Waals surface area contributed by atoms with Gasteiger partial charge in [-0.05, 0) is 44.0 Å². The van der Waals surface area contributed by atoms with Crippen molar-refractivity contribution in [1.29, 1.82) is 0 Å². The molecular weight excluding hydrogens is 382 g/mol. The molecule has 0 radical (unpaired) electrons. The number of rotatable bonds is 7. The van der Waals surface area contributed by atoms with Crippen molar-refractivity contribution in [2.75, 3.05) is 26.2 Å². The van der Waals surface area contributed by atoms with Gasteiger partial charge in [0.2, 0.25) is 0 Å². The summed E-state index contributed by atoms with van der Waals surface area (Å²) in [5, 5.41) is 7.73. The van der Waals surface area contributed by atoms with Gasteiger partial charge in [0.1, 0.15) is 0 Å². The van der Waals surface area contributed by atoms with Gasteiger partial charge in [-0.2, -0.15) is 0 Å². The van der Waals surface area contributed by atoms with E-state index in [9.17, 15) is 0 Å². The average molecular weight is 412 g/mol. The number of piperazine rings is 1. The topological polar surface area (TPSA) is 53.1 Å². The van der Waals surface area contributed by atoms with Crippen molar-refractivity contribution in [3.63, 3.8) is 0 Å². The van der Waals surface area contributed by atoms with Gasteiger partial charge in [-0.3, -0.25) is 9.97 Å². The van der Waals surface area contributed by atoms with Crippen LogP contribution < -0.4 is 10.6 Å². The quantitative estimate of drug-likeness (QED) is 0.660. The van der Waals surface area contributed by atoms with Gasteiger partial charge in [-0.1, -0.05) is 36.2 Å². The molecule has 6 heteroatoms. The molecule has 2 N–H and O–H groups in total. The van der Waals surface area contributed by atoms with Crippen LogP contribution in [-0.4, -0.2) is 41.0 Å². The lowest BCUT2D eigenvalue weighted by molar-refractivity contribution is 0.301. The van der Waals surface area contributed by atoms with E-state index in [-0.39, 0.29) is 0 Å². The summed E-state index contributed by atoms with van der Waals surface area (Å²) in [4.78, 5) is 11.2. The lowest BCUT2D eigenvalue weighted by atomic mass is 10.1. The fourth-order valence-electron chi connectivity index (χ4n) is 3.31. The summed E-state index contributed by atoms with van der Waals surface area (Å²) in [6.45, 7) is 11.0. The summed E-state index contributed by atoms with van der Waals surface area (Å²) in [7, 11) is 0. The van der Waals surface area contributed by atoms with Crippen molar-refractivity contribution in [1.82, 2.24) is 25.5 Å². The third-order valence-electron chi connectivity index (χ3n) is 5.21. The van der Waals surface area contributed by atoms with Crippen LogP contribution in [0.2, 0.25) is 5.02 Å². The first-order chi connectivity index (χ1) is 14.1. The molecule has 29 heavy (non-hydrogen) atoms. The molecule has 1 saturated heterocycles. The van der Waals surface area contributed by atoms with Gasteiger partial charge < -0.3 is 15.5 Å². The summed E-state index contributed by atoms with van der Waals surface area (Å²) >= 11 is 6.51. The van der Waals surface area contributed by atoms with Crippen LogP contribution in [0.1, 0.15) is 32.8 Å². The van der Waals surface area contributed by atoms with E-state index in [2.05, 4.69) is 64.5 Å². The zero-order valence-corrected chi connectivity index (χ0v) is 18.3. The molecule has 1 aromatic heterocycles. The first-order valence-electron chi connectivity index (χ1n) is 10.2. The average Bonchev–Trinajstić information content (AvgIpc) is 2.76. The molecule has 0 unspecified atom stereocenters. The Labute approximate surface area is 178 Å². The van der Waals surface area contributed by atoms with Gasteiger partial charge >= 0.3 is 0 Å². The highest BCUT2D eigenvalue weighted by Crippen LogP contribution is 2.23. The van der Waals surface area contributed by atoms with E-state index in [0.29, 0.717) is 11.6 Å². The van der Waals surface area contributed by atoms with Crippen molar-refractivity contribution in [2.45, 2.75) is 33.7 Å². The summed E-state index contributed by atoms with van der Waals surface area (Å²) < 4.78 is 0. The summed E-state index contributed by atoms with van der Waals surface area (Å²) in [6, 6.07) is 3.90. The summed E-state index contributed by atoms with van der Waals surface area (Å²) in [6.07, 6.45) is 11.0. The summed E-state index contributed by atoms with van der Waals surface area (Å²) in [5.41, 5.74) is 6.38. The maximum Gasteiger partial charge on any atom is 0.0901 e. The minimum Gasteiger partial charge on any atom is -0.380 e. The van der Waals surface area contributed by atoms with Gasteiger partial charge in [0.15, 0.2) is 0 Å². The standard InChI is InChI=1S/C23H30ClN5/c1-4-17(3)6-7-23(29-12-10-25-11-13-29)20(5-2)28-16-18-14-21-22(15-19(18)24)27-9-8-26-21/h5-9,14-15,25,28H,4,10-13,16H2,1-3H3/b17-6+,20-5+,23-7+. The highest BCUT2D eigenvalue weighted by atomic mass is 35.5. The molecule has 0 amide bonds. The molecule has 0 aliphatic carbocycles. The maximum absolute atomic E-state index is 6.51. The Hall–Kier alpha value is -2.37. The smallest absolute Gasteiger partial charge is 0.0901 e. The molecule has 2 heterocycles. The Kier molecular flexibility index (Phi) is 7.67. The van der Waals surface area contributed by atoms with Crippen LogP contribution in [-0.2, 0) is 6.54 Å².